The lowest BCUT2D eigenvalue weighted by Crippen LogP contribution is -2.18. The molecule has 0 aliphatic heterocycles. The Morgan fingerprint density at radius 3 is 2.50 bits per heavy atom. The molecule has 0 spiro atoms. The van der Waals surface area contributed by atoms with Crippen molar-refractivity contribution < 1.29 is 23.0 Å². The summed E-state index contributed by atoms with van der Waals surface area (Å²) in [6, 6.07) is 0. The van der Waals surface area contributed by atoms with E-state index in [4.69, 9.17) is 0 Å². The number of nitrogens with one attached hydrogen (secondary N) is 1. The van der Waals surface area contributed by atoms with E-state index in [-0.39, 0.29) is 5.69 Å². The minimum atomic E-state index is -2.94. The number of aromatic nitrogens is 1. The van der Waals surface area contributed by atoms with Gasteiger partial charge in [-0.15, -0.1) is 0 Å². The van der Waals surface area contributed by atoms with Crippen LogP contribution < -0.4 is 10.2 Å². The van der Waals surface area contributed by atoms with Gasteiger partial charge in [-0.25, -0.2) is 13.6 Å². The molecule has 0 bridgehead atoms. The Morgan fingerprint density at radius 1 is 1.44 bits per heavy atom. The number of carbonyl (C=O) groups is 1. The molecule has 0 unspecified atom stereocenters. The van der Waals surface area contributed by atoms with Crippen LogP contribution >= 0.6 is 0 Å². The van der Waals surface area contributed by atoms with E-state index in [0.29, 0.717) is 0 Å². The van der Waals surface area contributed by atoms with Gasteiger partial charge in [0, 0.05) is 6.20 Å². The first-order chi connectivity index (χ1) is 7.52. The van der Waals surface area contributed by atoms with Crippen LogP contribution in [0.3, 0.4) is 0 Å². The molecule has 0 saturated carbocycles. The third-order valence-electron chi connectivity index (χ3n) is 1.90. The van der Waals surface area contributed by atoms with Crippen LogP contribution in [0.25, 0.3) is 0 Å². The number of hydrogen-bond acceptors (Lipinski definition) is 4. The molecule has 1 rings (SSSR count). The van der Waals surface area contributed by atoms with Gasteiger partial charge in [0.2, 0.25) is 5.43 Å². The van der Waals surface area contributed by atoms with Gasteiger partial charge >= 0.3 is 5.97 Å². The van der Waals surface area contributed by atoms with Crippen molar-refractivity contribution in [3.63, 3.8) is 0 Å². The van der Waals surface area contributed by atoms with Crippen molar-refractivity contribution in [3.05, 3.63) is 27.7 Å². The van der Waals surface area contributed by atoms with Crippen molar-refractivity contribution in [1.29, 1.82) is 0 Å². The first kappa shape index (κ1) is 12.2. The highest BCUT2D eigenvalue weighted by atomic mass is 19.3. The zero-order valence-electron chi connectivity index (χ0n) is 8.54. The first-order valence-electron chi connectivity index (χ1n) is 4.19. The Bertz CT molecular complexity index is 455. The van der Waals surface area contributed by atoms with Crippen LogP contribution in [0.15, 0.2) is 11.0 Å². The normalized spacial score (nSPS) is 10.3. The lowest BCUT2D eigenvalue weighted by molar-refractivity contribution is 0.0589. The van der Waals surface area contributed by atoms with Crippen LogP contribution in [0.4, 0.5) is 8.78 Å². The second-order valence-electron chi connectivity index (χ2n) is 2.77. The number of H-pyrrole nitrogens is 1. The Labute approximate surface area is 89.0 Å². The zero-order chi connectivity index (χ0) is 12.3. The molecule has 1 N–H and O–H groups in total. The number of aromatic amines is 1. The lowest BCUT2D eigenvalue weighted by atomic mass is 10.2. The van der Waals surface area contributed by atoms with E-state index in [1.807, 2.05) is 0 Å². The Kier molecular flexibility index (Phi) is 3.60. The van der Waals surface area contributed by atoms with E-state index in [9.17, 15) is 18.4 Å². The number of hydrogen-bond donors (Lipinski definition) is 1. The lowest BCUT2D eigenvalue weighted by Gasteiger charge is -2.07. The molecule has 1 heterocycles. The predicted octanol–water partition coefficient (Wildman–Crippen LogP) is 1.11. The van der Waals surface area contributed by atoms with Gasteiger partial charge in [-0.1, -0.05) is 0 Å². The molecule has 0 aliphatic carbocycles. The molecular formula is C9H9F2NO4. The monoisotopic (exact) mass is 233 g/mol. The molecule has 5 nitrogen and oxygen atoms in total. The van der Waals surface area contributed by atoms with Gasteiger partial charge in [-0.2, -0.15) is 0 Å². The van der Waals surface area contributed by atoms with E-state index >= 15 is 0 Å². The average Bonchev–Trinajstić information content (AvgIpc) is 2.26. The molecular weight excluding hydrogens is 224 g/mol. The molecule has 0 aromatic carbocycles. The maximum atomic E-state index is 12.4. The van der Waals surface area contributed by atoms with Crippen LogP contribution in [0.1, 0.15) is 22.5 Å². The summed E-state index contributed by atoms with van der Waals surface area (Å²) < 4.78 is 33.7. The number of esters is 1. The summed E-state index contributed by atoms with van der Waals surface area (Å²) in [4.78, 5) is 24.9. The average molecular weight is 233 g/mol. The maximum Gasteiger partial charge on any atom is 0.358 e. The number of carbonyl (C=O) groups excluding carboxylic acids is 1. The molecule has 0 amide bonds. The smallest absolute Gasteiger partial charge is 0.358 e. The van der Waals surface area contributed by atoms with Gasteiger partial charge in [0.25, 0.3) is 6.43 Å². The number of alkyl halides is 2. The third kappa shape index (κ3) is 2.02. The summed E-state index contributed by atoms with van der Waals surface area (Å²) in [5.74, 6) is -1.35. The summed E-state index contributed by atoms with van der Waals surface area (Å²) in [6.07, 6.45) is -2.17. The first-order valence-corrected chi connectivity index (χ1v) is 4.19. The van der Waals surface area contributed by atoms with Crippen molar-refractivity contribution in [3.8, 4) is 5.75 Å². The van der Waals surface area contributed by atoms with Crippen LogP contribution in [-0.4, -0.2) is 25.2 Å². The summed E-state index contributed by atoms with van der Waals surface area (Å²) in [6.45, 7) is 0. The van der Waals surface area contributed by atoms with Crippen LogP contribution in [-0.2, 0) is 4.74 Å². The van der Waals surface area contributed by atoms with E-state index in [0.717, 1.165) is 20.4 Å². The second kappa shape index (κ2) is 4.73. The summed E-state index contributed by atoms with van der Waals surface area (Å²) in [7, 11) is 2.20. The van der Waals surface area contributed by atoms with Gasteiger partial charge in [0.1, 0.15) is 0 Å². The van der Waals surface area contributed by atoms with Crippen LogP contribution in [0.2, 0.25) is 0 Å². The topological polar surface area (TPSA) is 68.4 Å². The molecule has 16 heavy (non-hydrogen) atoms. The Hall–Kier alpha value is -1.92. The molecule has 1 aromatic rings. The number of ether oxygens (including phenoxy) is 2. The molecule has 0 radical (unpaired) electrons. The van der Waals surface area contributed by atoms with E-state index in [1.165, 1.54) is 0 Å². The number of halogens is 2. The van der Waals surface area contributed by atoms with E-state index in [1.54, 1.807) is 0 Å². The largest absolute Gasteiger partial charge is 0.491 e. The van der Waals surface area contributed by atoms with Crippen LogP contribution in [0, 0.1) is 0 Å². The van der Waals surface area contributed by atoms with Crippen molar-refractivity contribution >= 4 is 5.97 Å². The van der Waals surface area contributed by atoms with Gasteiger partial charge in [-0.05, 0) is 0 Å². The summed E-state index contributed by atoms with van der Waals surface area (Å²) in [5.41, 5.74) is -2.08. The number of pyridine rings is 1. The Morgan fingerprint density at radius 2 is 2.06 bits per heavy atom. The van der Waals surface area contributed by atoms with Gasteiger partial charge in [0.05, 0.1) is 19.8 Å². The molecule has 88 valence electrons. The van der Waals surface area contributed by atoms with Gasteiger partial charge in [-0.3, -0.25) is 4.79 Å². The number of methoxy groups -OCH3 is 2. The fourth-order valence-corrected chi connectivity index (χ4v) is 1.14. The fourth-order valence-electron chi connectivity index (χ4n) is 1.14. The quantitative estimate of drug-likeness (QED) is 0.794. The third-order valence-corrected chi connectivity index (χ3v) is 1.90. The van der Waals surface area contributed by atoms with Crippen molar-refractivity contribution in [2.45, 2.75) is 6.43 Å². The zero-order valence-corrected chi connectivity index (χ0v) is 8.54. The molecule has 0 fully saturated rings. The van der Waals surface area contributed by atoms with Crippen molar-refractivity contribution in [2.24, 2.45) is 0 Å². The number of rotatable bonds is 3. The van der Waals surface area contributed by atoms with Crippen LogP contribution in [0.5, 0.6) is 5.75 Å². The minimum Gasteiger partial charge on any atom is -0.491 e. The van der Waals surface area contributed by atoms with Gasteiger partial charge in [0.15, 0.2) is 11.4 Å². The standard InChI is InChI=1S/C9H9F2NO4/c1-15-7-5(9(14)16-2)12-3-4(6(7)13)8(10)11/h3,8H,1-2H3,(H,12,13). The maximum absolute atomic E-state index is 12.4. The van der Waals surface area contributed by atoms with Crippen molar-refractivity contribution in [1.82, 2.24) is 4.98 Å². The molecule has 0 aliphatic rings. The highest BCUT2D eigenvalue weighted by Crippen LogP contribution is 2.19. The Balaban J connectivity index is 3.41. The minimum absolute atomic E-state index is 0.292. The molecule has 0 atom stereocenters. The van der Waals surface area contributed by atoms with E-state index < -0.39 is 29.1 Å². The molecule has 7 heteroatoms. The second-order valence-corrected chi connectivity index (χ2v) is 2.77. The highest BCUT2D eigenvalue weighted by molar-refractivity contribution is 5.90. The fraction of sp³-hybridized carbons (Fsp3) is 0.333. The summed E-state index contributed by atoms with van der Waals surface area (Å²) >= 11 is 0. The van der Waals surface area contributed by atoms with Crippen molar-refractivity contribution in [2.75, 3.05) is 14.2 Å². The molecule has 1 aromatic heterocycles. The summed E-state index contributed by atoms with van der Waals surface area (Å²) in [5, 5.41) is 0. The molecule has 0 saturated heterocycles. The highest BCUT2D eigenvalue weighted by Gasteiger charge is 2.22. The SMILES string of the molecule is COC(=O)c1[nH]cc(C(F)F)c(=O)c1OC. The van der Waals surface area contributed by atoms with Gasteiger partial charge < -0.3 is 14.5 Å². The predicted molar refractivity (Wildman–Crippen MR) is 49.9 cm³/mol. The van der Waals surface area contributed by atoms with E-state index in [2.05, 4.69) is 14.5 Å².